The lowest BCUT2D eigenvalue weighted by atomic mass is 9.91. The molecule has 0 N–H and O–H groups in total. The van der Waals surface area contributed by atoms with Gasteiger partial charge in [-0.25, -0.2) is 4.98 Å². The summed E-state index contributed by atoms with van der Waals surface area (Å²) in [6.07, 6.45) is 1.95. The molecule has 0 radical (unpaired) electrons. The molecule has 3 nitrogen and oxygen atoms in total. The molecule has 2 aromatic rings. The van der Waals surface area contributed by atoms with Crippen molar-refractivity contribution in [3.63, 3.8) is 0 Å². The van der Waals surface area contributed by atoms with Crippen LogP contribution in [0.15, 0.2) is 18.3 Å². The largest absolute Gasteiger partial charge is 0.291 e. The maximum absolute atomic E-state index is 9.25. The molecular weight excluding hydrogens is 198 g/mol. The van der Waals surface area contributed by atoms with E-state index in [1.54, 1.807) is 0 Å². The van der Waals surface area contributed by atoms with E-state index in [0.29, 0.717) is 5.69 Å². The highest BCUT2D eigenvalue weighted by Gasteiger charge is 2.23. The second kappa shape index (κ2) is 3.34. The van der Waals surface area contributed by atoms with Gasteiger partial charge in [0.25, 0.3) is 0 Å². The van der Waals surface area contributed by atoms with Crippen LogP contribution < -0.4 is 0 Å². The van der Waals surface area contributed by atoms with Crippen LogP contribution in [0.4, 0.5) is 0 Å². The number of imidazole rings is 1. The van der Waals surface area contributed by atoms with Gasteiger partial charge in [-0.1, -0.05) is 26.8 Å². The molecule has 2 aromatic heterocycles. The number of rotatable bonds is 0. The third-order valence-electron chi connectivity index (χ3n) is 2.58. The Morgan fingerprint density at radius 2 is 2.00 bits per heavy atom. The van der Waals surface area contributed by atoms with Gasteiger partial charge >= 0.3 is 0 Å². The zero-order valence-corrected chi connectivity index (χ0v) is 10.1. The van der Waals surface area contributed by atoms with Gasteiger partial charge < -0.3 is 0 Å². The lowest BCUT2D eigenvalue weighted by molar-refractivity contribution is 0.571. The smallest absolute Gasteiger partial charge is 0.148 e. The van der Waals surface area contributed by atoms with Crippen molar-refractivity contribution in [1.29, 1.82) is 5.26 Å². The fourth-order valence-corrected chi connectivity index (χ4v) is 1.78. The van der Waals surface area contributed by atoms with Crippen molar-refractivity contribution < 1.29 is 0 Å². The van der Waals surface area contributed by atoms with Crippen LogP contribution >= 0.6 is 0 Å². The van der Waals surface area contributed by atoms with Crippen molar-refractivity contribution in [2.24, 2.45) is 0 Å². The van der Waals surface area contributed by atoms with E-state index in [1.807, 2.05) is 29.7 Å². The predicted octanol–water partition coefficient (Wildman–Crippen LogP) is 2.81. The molecule has 0 unspecified atom stereocenters. The summed E-state index contributed by atoms with van der Waals surface area (Å²) in [5.41, 5.74) is 3.37. The molecule has 0 saturated heterocycles. The molecule has 2 rings (SSSR count). The van der Waals surface area contributed by atoms with Crippen LogP contribution in [-0.4, -0.2) is 9.38 Å². The van der Waals surface area contributed by atoms with Crippen molar-refractivity contribution in [3.05, 3.63) is 35.3 Å². The molecule has 0 atom stereocenters. The first-order valence-electron chi connectivity index (χ1n) is 5.33. The number of aromatic nitrogens is 2. The van der Waals surface area contributed by atoms with E-state index in [1.165, 1.54) is 0 Å². The Bertz CT molecular complexity index is 579. The van der Waals surface area contributed by atoms with Crippen LogP contribution in [0, 0.1) is 18.3 Å². The van der Waals surface area contributed by atoms with Crippen LogP contribution in [0.3, 0.4) is 0 Å². The Morgan fingerprint density at radius 3 is 2.56 bits per heavy atom. The predicted molar refractivity (Wildman–Crippen MR) is 63.3 cm³/mol. The Kier molecular flexibility index (Phi) is 2.23. The average Bonchev–Trinajstić information content (AvgIpc) is 2.54. The van der Waals surface area contributed by atoms with E-state index in [4.69, 9.17) is 0 Å². The molecule has 0 spiro atoms. The van der Waals surface area contributed by atoms with E-state index in [9.17, 15) is 5.26 Å². The maximum Gasteiger partial charge on any atom is 0.148 e. The minimum atomic E-state index is -0.106. The zero-order chi connectivity index (χ0) is 11.9. The lowest BCUT2D eigenvalue weighted by Gasteiger charge is -2.15. The second-order valence-electron chi connectivity index (χ2n) is 5.11. The third-order valence-corrected chi connectivity index (χ3v) is 2.58. The molecule has 0 bridgehead atoms. The normalized spacial score (nSPS) is 11.7. The minimum absolute atomic E-state index is 0.106. The number of nitriles is 1. The summed E-state index contributed by atoms with van der Waals surface area (Å²) in [4.78, 5) is 4.54. The molecule has 2 heterocycles. The highest BCUT2D eigenvalue weighted by molar-refractivity contribution is 5.49. The van der Waals surface area contributed by atoms with Crippen molar-refractivity contribution >= 4 is 5.65 Å². The Balaban J connectivity index is 2.84. The summed E-state index contributed by atoms with van der Waals surface area (Å²) < 4.78 is 1.87. The van der Waals surface area contributed by atoms with Gasteiger partial charge in [-0.3, -0.25) is 4.40 Å². The van der Waals surface area contributed by atoms with Gasteiger partial charge in [-0.15, -0.1) is 0 Å². The van der Waals surface area contributed by atoms with E-state index >= 15 is 0 Å². The topological polar surface area (TPSA) is 41.1 Å². The number of aryl methyl sites for hydroxylation is 1. The fourth-order valence-electron chi connectivity index (χ4n) is 1.78. The monoisotopic (exact) mass is 213 g/mol. The molecule has 0 aromatic carbocycles. The van der Waals surface area contributed by atoms with Gasteiger partial charge in [-0.05, 0) is 18.6 Å². The molecule has 0 aliphatic heterocycles. The van der Waals surface area contributed by atoms with E-state index in [-0.39, 0.29) is 5.41 Å². The molecule has 16 heavy (non-hydrogen) atoms. The third kappa shape index (κ3) is 1.57. The van der Waals surface area contributed by atoms with Crippen molar-refractivity contribution in [1.82, 2.24) is 9.38 Å². The van der Waals surface area contributed by atoms with Gasteiger partial charge in [0.05, 0.1) is 5.69 Å². The average molecular weight is 213 g/mol. The highest BCUT2D eigenvalue weighted by Crippen LogP contribution is 2.25. The number of nitrogens with zero attached hydrogens (tertiary/aromatic N) is 3. The molecular formula is C13H15N3. The number of pyridine rings is 1. The van der Waals surface area contributed by atoms with E-state index in [2.05, 4.69) is 31.8 Å². The first-order valence-corrected chi connectivity index (χ1v) is 5.33. The van der Waals surface area contributed by atoms with Crippen LogP contribution in [0.5, 0.6) is 0 Å². The summed E-state index contributed by atoms with van der Waals surface area (Å²) in [5, 5.41) is 9.25. The standard InChI is InChI=1S/C13H15N3/c1-9-5-6-11-15-12(13(2,3)4)10(7-14)16(11)8-9/h5-6,8H,1-4H3. The van der Waals surface area contributed by atoms with Crippen molar-refractivity contribution in [3.8, 4) is 6.07 Å². The summed E-state index contributed by atoms with van der Waals surface area (Å²) in [5.74, 6) is 0. The SMILES string of the molecule is Cc1ccc2nc(C(C)(C)C)c(C#N)n2c1. The van der Waals surface area contributed by atoms with Crippen LogP contribution in [0.25, 0.3) is 5.65 Å². The molecule has 0 fully saturated rings. The van der Waals surface area contributed by atoms with Crippen molar-refractivity contribution in [2.45, 2.75) is 33.1 Å². The Morgan fingerprint density at radius 1 is 1.31 bits per heavy atom. The molecule has 0 amide bonds. The summed E-state index contributed by atoms with van der Waals surface area (Å²) >= 11 is 0. The molecule has 0 saturated carbocycles. The first-order chi connectivity index (χ1) is 7.43. The molecule has 82 valence electrons. The molecule has 0 aliphatic carbocycles. The van der Waals surface area contributed by atoms with Gasteiger partial charge in [0.1, 0.15) is 17.4 Å². The van der Waals surface area contributed by atoms with Gasteiger partial charge in [-0.2, -0.15) is 5.26 Å². The lowest BCUT2D eigenvalue weighted by Crippen LogP contribution is -2.13. The summed E-state index contributed by atoms with van der Waals surface area (Å²) in [6, 6.07) is 6.21. The summed E-state index contributed by atoms with van der Waals surface area (Å²) in [7, 11) is 0. The highest BCUT2D eigenvalue weighted by atomic mass is 15.0. The molecule has 0 aliphatic rings. The first kappa shape index (κ1) is 10.7. The van der Waals surface area contributed by atoms with Crippen LogP contribution in [0.2, 0.25) is 0 Å². The van der Waals surface area contributed by atoms with Crippen LogP contribution in [0.1, 0.15) is 37.7 Å². The maximum atomic E-state index is 9.25. The number of hydrogen-bond acceptors (Lipinski definition) is 2. The number of fused-ring (bicyclic) bond motifs is 1. The van der Waals surface area contributed by atoms with Gasteiger partial charge in [0, 0.05) is 11.6 Å². The summed E-state index contributed by atoms with van der Waals surface area (Å²) in [6.45, 7) is 8.23. The van der Waals surface area contributed by atoms with E-state index < -0.39 is 0 Å². The quantitative estimate of drug-likeness (QED) is 0.675. The zero-order valence-electron chi connectivity index (χ0n) is 10.1. The minimum Gasteiger partial charge on any atom is -0.291 e. The Hall–Kier alpha value is -1.82. The Labute approximate surface area is 95.4 Å². The molecule has 3 heteroatoms. The van der Waals surface area contributed by atoms with Gasteiger partial charge in [0.2, 0.25) is 0 Å². The van der Waals surface area contributed by atoms with Crippen molar-refractivity contribution in [2.75, 3.05) is 0 Å². The number of hydrogen-bond donors (Lipinski definition) is 0. The second-order valence-corrected chi connectivity index (χ2v) is 5.11. The van der Waals surface area contributed by atoms with Gasteiger partial charge in [0.15, 0.2) is 0 Å². The fraction of sp³-hybridized carbons (Fsp3) is 0.385. The van der Waals surface area contributed by atoms with Crippen LogP contribution in [-0.2, 0) is 5.41 Å². The van der Waals surface area contributed by atoms with E-state index in [0.717, 1.165) is 16.9 Å².